The monoisotopic (exact) mass is 522 g/mol. The predicted molar refractivity (Wildman–Crippen MR) is 136 cm³/mol. The first-order valence-corrected chi connectivity index (χ1v) is 12.4. The highest BCUT2D eigenvalue weighted by Gasteiger charge is 2.36. The summed E-state index contributed by atoms with van der Waals surface area (Å²) in [5.41, 5.74) is 3.85. The number of aromatic amines is 1. The van der Waals surface area contributed by atoms with Crippen LogP contribution in [0.4, 0.5) is 9.18 Å². The van der Waals surface area contributed by atoms with E-state index in [-0.39, 0.29) is 12.0 Å². The number of rotatable bonds is 5. The number of nitrogens with one attached hydrogen (secondary N) is 1. The minimum absolute atomic E-state index is 0.277. The van der Waals surface area contributed by atoms with E-state index >= 15 is 0 Å². The Kier molecular flexibility index (Phi) is 6.46. The zero-order chi connectivity index (χ0) is 25.4. The fourth-order valence-corrected chi connectivity index (χ4v) is 5.05. The van der Waals surface area contributed by atoms with Crippen molar-refractivity contribution < 1.29 is 28.1 Å². The Bertz CT molecular complexity index is 1420. The Balaban J connectivity index is 1.32. The fraction of sp³-hybridized carbons (Fsp3) is 0.250. The molecule has 0 spiro atoms. The molecule has 1 aromatic heterocycles. The molecule has 3 aromatic carbocycles. The molecule has 3 heterocycles. The molecule has 0 radical (unpaired) electrons. The van der Waals surface area contributed by atoms with Crippen molar-refractivity contribution in [1.82, 2.24) is 9.88 Å². The molecule has 4 aromatic rings. The molecule has 1 N–H and O–H groups in total. The van der Waals surface area contributed by atoms with Crippen molar-refractivity contribution in [3.05, 3.63) is 94.4 Å². The molecule has 190 valence electrons. The van der Waals surface area contributed by atoms with E-state index in [2.05, 4.69) is 4.98 Å². The summed E-state index contributed by atoms with van der Waals surface area (Å²) in [4.78, 5) is 18.5. The molecular weight excluding hydrogens is 499 g/mol. The van der Waals surface area contributed by atoms with Crippen molar-refractivity contribution in [3.8, 4) is 11.5 Å². The average molecular weight is 523 g/mol. The van der Waals surface area contributed by atoms with E-state index in [4.69, 9.17) is 30.5 Å². The third kappa shape index (κ3) is 4.87. The van der Waals surface area contributed by atoms with Crippen LogP contribution >= 0.6 is 11.6 Å². The Morgan fingerprint density at radius 2 is 1.76 bits per heavy atom. The van der Waals surface area contributed by atoms with Gasteiger partial charge < -0.3 is 23.9 Å². The summed E-state index contributed by atoms with van der Waals surface area (Å²) in [5, 5.41) is 1.69. The van der Waals surface area contributed by atoms with Gasteiger partial charge in [0.1, 0.15) is 30.0 Å². The lowest BCUT2D eigenvalue weighted by Gasteiger charge is -2.35. The lowest BCUT2D eigenvalue weighted by Crippen LogP contribution is -2.42. The zero-order valence-corrected chi connectivity index (χ0v) is 20.5. The minimum atomic E-state index is -0.519. The van der Waals surface area contributed by atoms with Crippen LogP contribution in [0, 0.1) is 5.82 Å². The molecule has 2 aliphatic heterocycles. The van der Waals surface area contributed by atoms with Gasteiger partial charge in [-0.2, -0.15) is 0 Å². The molecule has 6 rings (SSSR count). The number of halogens is 2. The van der Waals surface area contributed by atoms with Crippen molar-refractivity contribution in [1.29, 1.82) is 0 Å². The number of ether oxygens (including phenoxy) is 4. The van der Waals surface area contributed by atoms with Crippen LogP contribution in [-0.4, -0.2) is 48.6 Å². The van der Waals surface area contributed by atoms with E-state index in [1.165, 1.54) is 24.3 Å². The summed E-state index contributed by atoms with van der Waals surface area (Å²) in [5.74, 6) is 0.549. The van der Waals surface area contributed by atoms with Crippen molar-refractivity contribution >= 4 is 28.6 Å². The van der Waals surface area contributed by atoms with Crippen molar-refractivity contribution in [2.24, 2.45) is 0 Å². The van der Waals surface area contributed by atoms with Crippen LogP contribution in [-0.2, 0) is 15.9 Å². The molecule has 9 heteroatoms. The first kappa shape index (κ1) is 23.8. The van der Waals surface area contributed by atoms with E-state index in [1.54, 1.807) is 4.90 Å². The van der Waals surface area contributed by atoms with Gasteiger partial charge in [-0.25, -0.2) is 9.18 Å². The molecule has 0 saturated carbocycles. The van der Waals surface area contributed by atoms with Gasteiger partial charge in [0.15, 0.2) is 6.29 Å². The highest BCUT2D eigenvalue weighted by molar-refractivity contribution is 6.31. The molecule has 0 aliphatic carbocycles. The molecule has 1 amide bonds. The maximum absolute atomic E-state index is 13.4. The smallest absolute Gasteiger partial charge is 0.416 e. The standard InChI is InChI=1S/C28H24ClFN2O5/c29-18-3-10-24-23(15-18)22-11-12-32(28(33)37-21-8-4-19(30)5-9-21)27(26(22)31-24)17-1-6-20(7-2-17)36-16-25-34-13-14-35-25/h1-10,15,25,27,31H,11-14,16H2. The summed E-state index contributed by atoms with van der Waals surface area (Å²) in [6, 6.07) is 18.3. The van der Waals surface area contributed by atoms with E-state index in [9.17, 15) is 9.18 Å². The Morgan fingerprint density at radius 1 is 1.03 bits per heavy atom. The van der Waals surface area contributed by atoms with Gasteiger partial charge in [0, 0.05) is 28.2 Å². The number of H-pyrrole nitrogens is 1. The predicted octanol–water partition coefficient (Wildman–Crippen LogP) is 5.86. The largest absolute Gasteiger partial charge is 0.488 e. The molecule has 37 heavy (non-hydrogen) atoms. The summed E-state index contributed by atoms with van der Waals surface area (Å²) < 4.78 is 35.6. The lowest BCUT2D eigenvalue weighted by molar-refractivity contribution is -0.0684. The number of hydrogen-bond donors (Lipinski definition) is 1. The van der Waals surface area contributed by atoms with E-state index in [0.29, 0.717) is 43.6 Å². The molecule has 7 nitrogen and oxygen atoms in total. The van der Waals surface area contributed by atoms with Gasteiger partial charge in [-0.1, -0.05) is 23.7 Å². The SMILES string of the molecule is O=C(Oc1ccc(F)cc1)N1CCc2c([nH]c3ccc(Cl)cc23)C1c1ccc(OCC2OCCO2)cc1. The van der Waals surface area contributed by atoms with Crippen LogP contribution in [0.1, 0.15) is 22.9 Å². The normalized spacial score (nSPS) is 17.7. The summed E-state index contributed by atoms with van der Waals surface area (Å²) in [6.07, 6.45) is -0.252. The number of amides is 1. The van der Waals surface area contributed by atoms with E-state index in [0.717, 1.165) is 27.7 Å². The second kappa shape index (κ2) is 10.0. The van der Waals surface area contributed by atoms with Gasteiger partial charge in [-0.15, -0.1) is 0 Å². The fourth-order valence-electron chi connectivity index (χ4n) is 4.88. The minimum Gasteiger partial charge on any atom is -0.488 e. The molecule has 1 saturated heterocycles. The van der Waals surface area contributed by atoms with E-state index in [1.807, 2.05) is 42.5 Å². The van der Waals surface area contributed by atoms with Gasteiger partial charge in [0.2, 0.25) is 0 Å². The van der Waals surface area contributed by atoms with Gasteiger partial charge in [0.05, 0.1) is 13.2 Å². The highest BCUT2D eigenvalue weighted by atomic mass is 35.5. The van der Waals surface area contributed by atoms with Gasteiger partial charge >= 0.3 is 6.09 Å². The number of carbonyl (C=O) groups excluding carboxylic acids is 1. The maximum atomic E-state index is 13.4. The van der Waals surface area contributed by atoms with Crippen molar-refractivity contribution in [3.63, 3.8) is 0 Å². The second-order valence-corrected chi connectivity index (χ2v) is 9.36. The Morgan fingerprint density at radius 3 is 2.51 bits per heavy atom. The third-order valence-corrected chi connectivity index (χ3v) is 6.85. The third-order valence-electron chi connectivity index (χ3n) is 6.62. The number of carbonyl (C=O) groups is 1. The first-order valence-electron chi connectivity index (χ1n) is 12.0. The maximum Gasteiger partial charge on any atom is 0.416 e. The zero-order valence-electron chi connectivity index (χ0n) is 19.8. The second-order valence-electron chi connectivity index (χ2n) is 8.93. The first-order chi connectivity index (χ1) is 18.0. The van der Waals surface area contributed by atoms with Crippen molar-refractivity contribution in [2.75, 3.05) is 26.4 Å². The summed E-state index contributed by atoms with van der Waals surface area (Å²) in [6.45, 7) is 1.87. The van der Waals surface area contributed by atoms with Crippen LogP contribution in [0.5, 0.6) is 11.5 Å². The molecular formula is C28H24ClFN2O5. The quantitative estimate of drug-likeness (QED) is 0.355. The molecule has 2 aliphatic rings. The number of hydrogen-bond acceptors (Lipinski definition) is 5. The molecule has 1 atom stereocenters. The summed E-state index contributed by atoms with van der Waals surface area (Å²) >= 11 is 6.29. The number of nitrogens with zero attached hydrogens (tertiary/aromatic N) is 1. The molecule has 1 unspecified atom stereocenters. The lowest BCUT2D eigenvalue weighted by atomic mass is 9.92. The highest BCUT2D eigenvalue weighted by Crippen LogP contribution is 2.40. The number of aromatic nitrogens is 1. The summed E-state index contributed by atoms with van der Waals surface area (Å²) in [7, 11) is 0. The van der Waals surface area contributed by atoms with Crippen LogP contribution in [0.25, 0.3) is 10.9 Å². The molecule has 1 fully saturated rings. The van der Waals surface area contributed by atoms with Crippen LogP contribution in [0.15, 0.2) is 66.7 Å². The topological polar surface area (TPSA) is 73.0 Å². The number of benzene rings is 3. The Labute approximate surface area is 217 Å². The van der Waals surface area contributed by atoms with Gasteiger partial charge in [0.25, 0.3) is 0 Å². The van der Waals surface area contributed by atoms with Crippen LogP contribution in [0.3, 0.4) is 0 Å². The van der Waals surface area contributed by atoms with Gasteiger partial charge in [-0.05, 0) is 72.1 Å². The van der Waals surface area contributed by atoms with Crippen LogP contribution in [0.2, 0.25) is 5.02 Å². The molecule has 0 bridgehead atoms. The van der Waals surface area contributed by atoms with Gasteiger partial charge in [-0.3, -0.25) is 4.90 Å². The van der Waals surface area contributed by atoms with Crippen molar-refractivity contribution in [2.45, 2.75) is 18.8 Å². The Hall–Kier alpha value is -3.59. The van der Waals surface area contributed by atoms with E-state index < -0.39 is 18.0 Å². The average Bonchev–Trinajstić information content (AvgIpc) is 3.56. The van der Waals surface area contributed by atoms with Crippen LogP contribution < -0.4 is 9.47 Å². The number of fused-ring (bicyclic) bond motifs is 3.